The zero-order chi connectivity index (χ0) is 14.5. The van der Waals surface area contributed by atoms with Gasteiger partial charge in [-0.25, -0.2) is 0 Å². The summed E-state index contributed by atoms with van der Waals surface area (Å²) in [6, 6.07) is 8.67. The zero-order valence-corrected chi connectivity index (χ0v) is 13.5. The zero-order valence-electron chi connectivity index (χ0n) is 12.7. The SMILES string of the molecule is CC(C)CNCc1snnc1-c1ccc(C(C)C)cc1. The van der Waals surface area contributed by atoms with Gasteiger partial charge in [0.1, 0.15) is 5.69 Å². The maximum atomic E-state index is 4.29. The molecule has 0 fully saturated rings. The fourth-order valence-electron chi connectivity index (χ4n) is 2.04. The lowest BCUT2D eigenvalue weighted by atomic mass is 10.0. The van der Waals surface area contributed by atoms with E-state index in [2.05, 4.69) is 66.9 Å². The summed E-state index contributed by atoms with van der Waals surface area (Å²) in [5.41, 5.74) is 3.53. The molecule has 0 aliphatic rings. The highest BCUT2D eigenvalue weighted by Crippen LogP contribution is 2.25. The number of aromatic nitrogens is 2. The number of nitrogens with one attached hydrogen (secondary N) is 1. The van der Waals surface area contributed by atoms with E-state index in [4.69, 9.17) is 0 Å². The molecule has 2 aromatic rings. The summed E-state index contributed by atoms with van der Waals surface area (Å²) in [6.07, 6.45) is 0. The summed E-state index contributed by atoms with van der Waals surface area (Å²) in [4.78, 5) is 1.21. The van der Waals surface area contributed by atoms with Gasteiger partial charge in [-0.2, -0.15) is 0 Å². The Labute approximate surface area is 125 Å². The van der Waals surface area contributed by atoms with Gasteiger partial charge >= 0.3 is 0 Å². The minimum Gasteiger partial charge on any atom is -0.311 e. The molecule has 108 valence electrons. The Bertz CT molecular complexity index is 529. The van der Waals surface area contributed by atoms with Crippen molar-refractivity contribution in [2.45, 2.75) is 40.2 Å². The molecule has 1 aromatic carbocycles. The molecular weight excluding hydrogens is 266 g/mol. The number of benzene rings is 1. The van der Waals surface area contributed by atoms with Crippen molar-refractivity contribution >= 4 is 11.5 Å². The average molecular weight is 289 g/mol. The third kappa shape index (κ3) is 3.87. The molecule has 0 unspecified atom stereocenters. The van der Waals surface area contributed by atoms with Gasteiger partial charge in [0.15, 0.2) is 0 Å². The molecule has 2 rings (SSSR count). The van der Waals surface area contributed by atoms with Crippen molar-refractivity contribution in [1.82, 2.24) is 14.9 Å². The molecule has 0 bridgehead atoms. The summed E-state index contributed by atoms with van der Waals surface area (Å²) in [5.74, 6) is 1.22. The van der Waals surface area contributed by atoms with Crippen LogP contribution >= 0.6 is 11.5 Å². The molecule has 0 atom stereocenters. The predicted octanol–water partition coefficient (Wildman–Crippen LogP) is 4.07. The first-order valence-electron chi connectivity index (χ1n) is 7.20. The highest BCUT2D eigenvalue weighted by molar-refractivity contribution is 7.05. The topological polar surface area (TPSA) is 37.8 Å². The van der Waals surface area contributed by atoms with E-state index in [1.807, 2.05) is 0 Å². The summed E-state index contributed by atoms with van der Waals surface area (Å²) < 4.78 is 4.11. The Kier molecular flexibility index (Phi) is 5.26. The largest absolute Gasteiger partial charge is 0.311 e. The maximum Gasteiger partial charge on any atom is 0.110 e. The van der Waals surface area contributed by atoms with Gasteiger partial charge < -0.3 is 5.32 Å². The molecule has 0 spiro atoms. The smallest absolute Gasteiger partial charge is 0.110 e. The van der Waals surface area contributed by atoms with Gasteiger partial charge in [-0.1, -0.05) is 56.4 Å². The monoisotopic (exact) mass is 289 g/mol. The highest BCUT2D eigenvalue weighted by atomic mass is 32.1. The fraction of sp³-hybridized carbons (Fsp3) is 0.500. The van der Waals surface area contributed by atoms with Crippen LogP contribution in [0.2, 0.25) is 0 Å². The van der Waals surface area contributed by atoms with Crippen molar-refractivity contribution in [2.75, 3.05) is 6.54 Å². The number of nitrogens with zero attached hydrogens (tertiary/aromatic N) is 2. The van der Waals surface area contributed by atoms with Crippen LogP contribution < -0.4 is 5.32 Å². The Balaban J connectivity index is 2.10. The van der Waals surface area contributed by atoms with Crippen molar-refractivity contribution in [1.29, 1.82) is 0 Å². The first kappa shape index (κ1) is 15.1. The van der Waals surface area contributed by atoms with Crippen LogP contribution in [0.25, 0.3) is 11.3 Å². The average Bonchev–Trinajstić information content (AvgIpc) is 2.87. The lowest BCUT2D eigenvalue weighted by Crippen LogP contribution is -2.18. The Morgan fingerprint density at radius 3 is 2.40 bits per heavy atom. The predicted molar refractivity (Wildman–Crippen MR) is 86.0 cm³/mol. The van der Waals surface area contributed by atoms with Crippen molar-refractivity contribution in [3.8, 4) is 11.3 Å². The molecule has 1 aromatic heterocycles. The van der Waals surface area contributed by atoms with Gasteiger partial charge in [0.25, 0.3) is 0 Å². The number of hydrogen-bond acceptors (Lipinski definition) is 4. The summed E-state index contributed by atoms with van der Waals surface area (Å²) in [6.45, 7) is 10.7. The third-order valence-corrected chi connectivity index (χ3v) is 3.97. The lowest BCUT2D eigenvalue weighted by Gasteiger charge is -2.08. The van der Waals surface area contributed by atoms with E-state index in [0.29, 0.717) is 11.8 Å². The van der Waals surface area contributed by atoms with Crippen LogP contribution in [0, 0.1) is 5.92 Å². The van der Waals surface area contributed by atoms with Gasteiger partial charge in [0.05, 0.1) is 4.88 Å². The van der Waals surface area contributed by atoms with Crippen molar-refractivity contribution in [3.05, 3.63) is 34.7 Å². The van der Waals surface area contributed by atoms with Crippen LogP contribution in [0.3, 0.4) is 0 Å². The first-order chi connectivity index (χ1) is 9.58. The van der Waals surface area contributed by atoms with Crippen molar-refractivity contribution in [2.24, 2.45) is 5.92 Å². The van der Waals surface area contributed by atoms with Gasteiger partial charge in [-0.15, -0.1) is 5.10 Å². The van der Waals surface area contributed by atoms with Gasteiger partial charge in [-0.05, 0) is 35.5 Å². The standard InChI is InChI=1S/C16H23N3S/c1-11(2)9-17-10-15-16(18-19-20-15)14-7-5-13(6-8-14)12(3)4/h5-8,11-12,17H,9-10H2,1-4H3. The van der Waals surface area contributed by atoms with E-state index in [-0.39, 0.29) is 0 Å². The van der Waals surface area contributed by atoms with Gasteiger partial charge in [0.2, 0.25) is 0 Å². The molecule has 0 aliphatic heterocycles. The van der Waals surface area contributed by atoms with E-state index in [0.717, 1.165) is 24.3 Å². The molecule has 0 amide bonds. The van der Waals surface area contributed by atoms with Gasteiger partial charge in [-0.3, -0.25) is 0 Å². The molecule has 1 N–H and O–H groups in total. The Morgan fingerprint density at radius 1 is 1.10 bits per heavy atom. The molecule has 20 heavy (non-hydrogen) atoms. The number of rotatable bonds is 6. The molecular formula is C16H23N3S. The molecule has 0 radical (unpaired) electrons. The second-order valence-electron chi connectivity index (χ2n) is 5.85. The van der Waals surface area contributed by atoms with Crippen LogP contribution in [-0.4, -0.2) is 16.1 Å². The van der Waals surface area contributed by atoms with Crippen LogP contribution in [-0.2, 0) is 6.54 Å². The summed E-state index contributed by atoms with van der Waals surface area (Å²) in [5, 5.41) is 7.74. The first-order valence-corrected chi connectivity index (χ1v) is 7.97. The summed E-state index contributed by atoms with van der Waals surface area (Å²) >= 11 is 1.48. The second-order valence-corrected chi connectivity index (χ2v) is 6.68. The quantitative estimate of drug-likeness (QED) is 0.871. The Morgan fingerprint density at radius 2 is 1.80 bits per heavy atom. The minimum absolute atomic E-state index is 0.560. The number of hydrogen-bond donors (Lipinski definition) is 1. The van der Waals surface area contributed by atoms with Crippen LogP contribution in [0.15, 0.2) is 24.3 Å². The molecule has 0 saturated carbocycles. The molecule has 3 nitrogen and oxygen atoms in total. The van der Waals surface area contributed by atoms with E-state index in [9.17, 15) is 0 Å². The van der Waals surface area contributed by atoms with E-state index >= 15 is 0 Å². The fourth-order valence-corrected chi connectivity index (χ4v) is 2.68. The van der Waals surface area contributed by atoms with Crippen LogP contribution in [0.4, 0.5) is 0 Å². The molecule has 4 heteroatoms. The van der Waals surface area contributed by atoms with E-state index in [1.165, 1.54) is 22.0 Å². The minimum atomic E-state index is 0.560. The lowest BCUT2D eigenvalue weighted by molar-refractivity contribution is 0.555. The van der Waals surface area contributed by atoms with E-state index in [1.54, 1.807) is 0 Å². The normalized spacial score (nSPS) is 11.5. The molecule has 0 aliphatic carbocycles. The molecule has 0 saturated heterocycles. The second kappa shape index (κ2) is 6.95. The molecule has 1 heterocycles. The van der Waals surface area contributed by atoms with Crippen molar-refractivity contribution < 1.29 is 0 Å². The Hall–Kier alpha value is -1.26. The van der Waals surface area contributed by atoms with Gasteiger partial charge in [0, 0.05) is 12.1 Å². The van der Waals surface area contributed by atoms with Crippen LogP contribution in [0.1, 0.15) is 44.1 Å². The van der Waals surface area contributed by atoms with Crippen LogP contribution in [0.5, 0.6) is 0 Å². The summed E-state index contributed by atoms with van der Waals surface area (Å²) in [7, 11) is 0. The van der Waals surface area contributed by atoms with E-state index < -0.39 is 0 Å². The van der Waals surface area contributed by atoms with Crippen molar-refractivity contribution in [3.63, 3.8) is 0 Å². The maximum absolute atomic E-state index is 4.29. The third-order valence-electron chi connectivity index (χ3n) is 3.24. The highest BCUT2D eigenvalue weighted by Gasteiger charge is 2.10.